The number of para-hydroxylation sites is 2. The second kappa shape index (κ2) is 14.7. The van der Waals surface area contributed by atoms with Crippen molar-refractivity contribution in [3.8, 4) is 5.69 Å². The summed E-state index contributed by atoms with van der Waals surface area (Å²) < 4.78 is 2.42. The van der Waals surface area contributed by atoms with Crippen molar-refractivity contribution < 1.29 is 0 Å². The van der Waals surface area contributed by atoms with Crippen LogP contribution in [0.4, 0.5) is 0 Å². The maximum Gasteiger partial charge on any atom is 0.242 e. The van der Waals surface area contributed by atoms with Gasteiger partial charge in [0.1, 0.15) is 0 Å². The number of aryl methyl sites for hydroxylation is 6. The SMILES string of the molecule is Cc1cc(C)c(B(c2ccc([Si](c3ccccc3)(c3ccccc3)c3ccc(-n4c5ccccc5c5ccccc54)cc3)cc2)c2c(C)cc(C)cc2C)c(C)c1. The van der Waals surface area contributed by atoms with Crippen LogP contribution in [0.5, 0.6) is 0 Å². The minimum atomic E-state index is -2.80. The molecule has 0 unspecified atom stereocenters. The molecule has 0 fully saturated rings. The number of rotatable bonds is 8. The van der Waals surface area contributed by atoms with Crippen molar-refractivity contribution in [1.82, 2.24) is 4.57 Å². The van der Waals surface area contributed by atoms with E-state index >= 15 is 0 Å². The summed E-state index contributed by atoms with van der Waals surface area (Å²) in [6.45, 7) is 13.7. The monoisotopic (exact) mass is 749 g/mol. The maximum absolute atomic E-state index is 2.80. The van der Waals surface area contributed by atoms with Crippen molar-refractivity contribution in [2.24, 2.45) is 0 Å². The lowest BCUT2D eigenvalue weighted by molar-refractivity contribution is 1.18. The van der Waals surface area contributed by atoms with Gasteiger partial charge in [-0.1, -0.05) is 207 Å². The van der Waals surface area contributed by atoms with Crippen molar-refractivity contribution in [1.29, 1.82) is 0 Å². The Labute approximate surface area is 339 Å². The summed E-state index contributed by atoms with van der Waals surface area (Å²) in [5.41, 5.74) is 15.8. The second-order valence-electron chi connectivity index (χ2n) is 16.1. The van der Waals surface area contributed by atoms with Crippen molar-refractivity contribution in [2.75, 3.05) is 0 Å². The minimum absolute atomic E-state index is 0.121. The molecular formula is C54H48BNSi. The van der Waals surface area contributed by atoms with Crippen molar-refractivity contribution >= 4 is 73.7 Å². The van der Waals surface area contributed by atoms with E-state index in [1.807, 2.05) is 0 Å². The van der Waals surface area contributed by atoms with Gasteiger partial charge in [0, 0.05) is 16.5 Å². The molecule has 0 radical (unpaired) electrons. The van der Waals surface area contributed by atoms with E-state index in [1.165, 1.54) is 98.0 Å². The van der Waals surface area contributed by atoms with Gasteiger partial charge < -0.3 is 4.57 Å². The standard InChI is InChI=1S/C54H48BNSi/c1-37-33-39(3)53(40(4)34-37)55(54-41(5)35-38(2)36-42(54)6)43-25-29-47(30-26-43)57(45-17-9-7-10-18-45,46-19-11-8-12-20-46)48-31-27-44(28-32-48)56-51-23-15-13-21-49(51)50-22-14-16-24-52(50)56/h7-36H,1-6H3. The first-order valence-electron chi connectivity index (χ1n) is 20.2. The van der Waals surface area contributed by atoms with Crippen molar-refractivity contribution in [2.45, 2.75) is 41.5 Å². The van der Waals surface area contributed by atoms with Crippen LogP contribution in [0.15, 0.2) is 182 Å². The summed E-state index contributed by atoms with van der Waals surface area (Å²) in [5, 5.41) is 8.05. The first kappa shape index (κ1) is 36.5. The van der Waals surface area contributed by atoms with E-state index in [4.69, 9.17) is 0 Å². The number of benzene rings is 8. The molecule has 8 aromatic carbocycles. The maximum atomic E-state index is 2.47. The van der Waals surface area contributed by atoms with Crippen molar-refractivity contribution in [3.63, 3.8) is 0 Å². The lowest BCUT2D eigenvalue weighted by Crippen LogP contribution is -2.74. The Morgan fingerprint density at radius 2 is 0.719 bits per heavy atom. The van der Waals surface area contributed by atoms with E-state index in [-0.39, 0.29) is 6.71 Å². The van der Waals surface area contributed by atoms with E-state index in [1.54, 1.807) is 0 Å². The summed E-state index contributed by atoms with van der Waals surface area (Å²) in [7, 11) is -2.80. The highest BCUT2D eigenvalue weighted by Gasteiger charge is 2.42. The third-order valence-electron chi connectivity index (χ3n) is 12.3. The largest absolute Gasteiger partial charge is 0.309 e. The number of hydrogen-bond donors (Lipinski definition) is 0. The van der Waals surface area contributed by atoms with Gasteiger partial charge in [-0.05, 0) is 86.6 Å². The van der Waals surface area contributed by atoms with Crippen molar-refractivity contribution in [3.05, 3.63) is 215 Å². The zero-order chi connectivity index (χ0) is 39.3. The average Bonchev–Trinajstić information content (AvgIpc) is 3.56. The zero-order valence-electron chi connectivity index (χ0n) is 33.8. The lowest BCUT2D eigenvalue weighted by Gasteiger charge is -2.35. The normalized spacial score (nSPS) is 11.7. The Hall–Kier alpha value is -6.16. The third-order valence-corrected chi connectivity index (χ3v) is 17.1. The summed E-state index contributed by atoms with van der Waals surface area (Å²) in [4.78, 5) is 0. The first-order chi connectivity index (χ1) is 27.8. The van der Waals surface area contributed by atoms with Crippen LogP contribution in [0.25, 0.3) is 27.5 Å². The molecule has 9 aromatic rings. The van der Waals surface area contributed by atoms with Gasteiger partial charge in [0.25, 0.3) is 0 Å². The number of nitrogens with zero attached hydrogens (tertiary/aromatic N) is 1. The van der Waals surface area contributed by atoms with Gasteiger partial charge in [0.15, 0.2) is 8.07 Å². The molecule has 9 rings (SSSR count). The fraction of sp³-hybridized carbons (Fsp3) is 0.111. The van der Waals surface area contributed by atoms with Gasteiger partial charge in [-0.3, -0.25) is 0 Å². The van der Waals surface area contributed by atoms with Crippen LogP contribution in [-0.2, 0) is 0 Å². The molecule has 3 heteroatoms. The average molecular weight is 750 g/mol. The van der Waals surface area contributed by atoms with Gasteiger partial charge in [0.05, 0.1) is 11.0 Å². The Bertz CT molecular complexity index is 2690. The number of aromatic nitrogens is 1. The molecule has 0 spiro atoms. The van der Waals surface area contributed by atoms with Crippen LogP contribution in [-0.4, -0.2) is 19.4 Å². The highest BCUT2D eigenvalue weighted by Crippen LogP contribution is 2.31. The fourth-order valence-corrected chi connectivity index (χ4v) is 14.9. The number of hydrogen-bond acceptors (Lipinski definition) is 0. The van der Waals surface area contributed by atoms with Crippen LogP contribution in [0.1, 0.15) is 33.4 Å². The number of fused-ring (bicyclic) bond motifs is 3. The lowest BCUT2D eigenvalue weighted by atomic mass is 9.34. The molecule has 0 amide bonds. The van der Waals surface area contributed by atoms with Gasteiger partial charge in [-0.25, -0.2) is 0 Å². The Balaban J connectivity index is 1.26. The Morgan fingerprint density at radius 3 is 1.14 bits per heavy atom. The van der Waals surface area contributed by atoms with Gasteiger partial charge in [-0.2, -0.15) is 0 Å². The quantitative estimate of drug-likeness (QED) is 0.109. The second-order valence-corrected chi connectivity index (χ2v) is 19.9. The highest BCUT2D eigenvalue weighted by atomic mass is 28.3. The smallest absolute Gasteiger partial charge is 0.242 e. The molecular weight excluding hydrogens is 701 g/mol. The van der Waals surface area contributed by atoms with E-state index in [0.717, 1.165) is 0 Å². The van der Waals surface area contributed by atoms with Crippen LogP contribution in [0.2, 0.25) is 0 Å². The van der Waals surface area contributed by atoms with E-state index < -0.39 is 8.07 Å². The molecule has 276 valence electrons. The molecule has 0 aliphatic rings. The van der Waals surface area contributed by atoms with E-state index in [0.29, 0.717) is 0 Å². The summed E-state index contributed by atoms with van der Waals surface area (Å²) in [6.07, 6.45) is 0. The highest BCUT2D eigenvalue weighted by molar-refractivity contribution is 7.20. The molecule has 0 aliphatic carbocycles. The molecule has 0 bridgehead atoms. The third kappa shape index (κ3) is 6.18. The topological polar surface area (TPSA) is 4.93 Å². The molecule has 0 N–H and O–H groups in total. The zero-order valence-corrected chi connectivity index (χ0v) is 34.8. The molecule has 1 heterocycles. The molecule has 1 nitrogen and oxygen atoms in total. The predicted octanol–water partition coefficient (Wildman–Crippen LogP) is 8.53. The molecule has 0 atom stereocenters. The fourth-order valence-electron chi connectivity index (χ4n) is 10.1. The summed E-state index contributed by atoms with van der Waals surface area (Å²) in [6, 6.07) is 68.8. The Morgan fingerprint density at radius 1 is 0.368 bits per heavy atom. The molecule has 0 aliphatic heterocycles. The van der Waals surface area contributed by atoms with Gasteiger partial charge >= 0.3 is 0 Å². The molecule has 0 saturated carbocycles. The van der Waals surface area contributed by atoms with E-state index in [2.05, 4.69) is 228 Å². The van der Waals surface area contributed by atoms with Crippen LogP contribution in [0, 0.1) is 41.5 Å². The van der Waals surface area contributed by atoms with E-state index in [9.17, 15) is 0 Å². The first-order valence-corrected chi connectivity index (χ1v) is 22.2. The molecule has 1 aromatic heterocycles. The minimum Gasteiger partial charge on any atom is -0.309 e. The van der Waals surface area contributed by atoms with Crippen LogP contribution < -0.4 is 37.1 Å². The predicted molar refractivity (Wildman–Crippen MR) is 250 cm³/mol. The van der Waals surface area contributed by atoms with Gasteiger partial charge in [-0.15, -0.1) is 0 Å². The molecule has 57 heavy (non-hydrogen) atoms. The summed E-state index contributed by atoms with van der Waals surface area (Å²) in [5.74, 6) is 0. The van der Waals surface area contributed by atoms with Crippen LogP contribution in [0.3, 0.4) is 0 Å². The summed E-state index contributed by atoms with van der Waals surface area (Å²) >= 11 is 0. The van der Waals surface area contributed by atoms with Gasteiger partial charge in [0.2, 0.25) is 6.71 Å². The molecule has 0 saturated heterocycles. The Kier molecular flexibility index (Phi) is 9.43. The van der Waals surface area contributed by atoms with Crippen LogP contribution >= 0.6 is 0 Å².